The molecule has 4 heteroatoms. The zero-order valence-electron chi connectivity index (χ0n) is 11.6. The quantitative estimate of drug-likeness (QED) is 0.793. The van der Waals surface area contributed by atoms with Crippen LogP contribution in [0.25, 0.3) is 11.0 Å². The number of phenolic OH excluding ortho intramolecular Hbond substituents is 1. The molecular weight excluding hydrogens is 250 g/mol. The number of phenols is 1. The monoisotopic (exact) mass is 267 g/mol. The van der Waals surface area contributed by atoms with Crippen molar-refractivity contribution in [2.75, 3.05) is 0 Å². The molecule has 0 aliphatic rings. The SMILES string of the molecule is CC(C)(Cn1nc2ccccc2n1)c1cccc(O)c1. The van der Waals surface area contributed by atoms with E-state index in [1.807, 2.05) is 36.4 Å². The number of hydrogen-bond acceptors (Lipinski definition) is 3. The Morgan fingerprint density at radius 2 is 1.65 bits per heavy atom. The largest absolute Gasteiger partial charge is 0.508 e. The van der Waals surface area contributed by atoms with Gasteiger partial charge in [0.25, 0.3) is 0 Å². The highest BCUT2D eigenvalue weighted by Gasteiger charge is 2.23. The Bertz CT molecular complexity index is 713. The number of aromatic hydroxyl groups is 1. The minimum Gasteiger partial charge on any atom is -0.508 e. The normalized spacial score (nSPS) is 11.9. The van der Waals surface area contributed by atoms with Crippen molar-refractivity contribution in [1.29, 1.82) is 0 Å². The van der Waals surface area contributed by atoms with Crippen molar-refractivity contribution in [2.45, 2.75) is 25.8 Å². The van der Waals surface area contributed by atoms with E-state index in [1.165, 1.54) is 0 Å². The first-order valence-corrected chi connectivity index (χ1v) is 6.64. The molecule has 0 saturated heterocycles. The summed E-state index contributed by atoms with van der Waals surface area (Å²) < 4.78 is 0. The van der Waals surface area contributed by atoms with Gasteiger partial charge in [0.15, 0.2) is 0 Å². The van der Waals surface area contributed by atoms with E-state index in [9.17, 15) is 5.11 Å². The maximum Gasteiger partial charge on any atom is 0.115 e. The molecule has 0 unspecified atom stereocenters. The molecule has 0 amide bonds. The van der Waals surface area contributed by atoms with Crippen LogP contribution in [0.2, 0.25) is 0 Å². The summed E-state index contributed by atoms with van der Waals surface area (Å²) in [5.74, 6) is 0.286. The van der Waals surface area contributed by atoms with Crippen LogP contribution in [0.4, 0.5) is 0 Å². The van der Waals surface area contributed by atoms with Crippen molar-refractivity contribution in [3.8, 4) is 5.75 Å². The van der Waals surface area contributed by atoms with Crippen LogP contribution in [0.1, 0.15) is 19.4 Å². The topological polar surface area (TPSA) is 50.9 Å². The molecule has 4 nitrogen and oxygen atoms in total. The Labute approximate surface area is 117 Å². The Balaban J connectivity index is 1.92. The van der Waals surface area contributed by atoms with Crippen molar-refractivity contribution in [1.82, 2.24) is 15.0 Å². The lowest BCUT2D eigenvalue weighted by molar-refractivity contribution is 0.377. The molecule has 0 atom stereocenters. The van der Waals surface area contributed by atoms with Crippen molar-refractivity contribution in [2.24, 2.45) is 0 Å². The molecule has 2 aromatic carbocycles. The Morgan fingerprint density at radius 3 is 2.25 bits per heavy atom. The first-order chi connectivity index (χ1) is 9.54. The third-order valence-electron chi connectivity index (χ3n) is 3.49. The highest BCUT2D eigenvalue weighted by molar-refractivity contribution is 5.72. The fraction of sp³-hybridized carbons (Fsp3) is 0.250. The summed E-state index contributed by atoms with van der Waals surface area (Å²) in [6, 6.07) is 15.2. The van der Waals surface area contributed by atoms with E-state index in [1.54, 1.807) is 16.9 Å². The fourth-order valence-corrected chi connectivity index (χ4v) is 2.35. The third-order valence-corrected chi connectivity index (χ3v) is 3.49. The summed E-state index contributed by atoms with van der Waals surface area (Å²) in [7, 11) is 0. The molecule has 3 rings (SSSR count). The van der Waals surface area contributed by atoms with Gasteiger partial charge in [-0.15, -0.1) is 0 Å². The van der Waals surface area contributed by atoms with Gasteiger partial charge < -0.3 is 5.11 Å². The van der Waals surface area contributed by atoms with Gasteiger partial charge in [-0.05, 0) is 29.8 Å². The van der Waals surface area contributed by atoms with Gasteiger partial charge in [-0.25, -0.2) is 0 Å². The summed E-state index contributed by atoms with van der Waals surface area (Å²) in [4.78, 5) is 1.73. The molecule has 102 valence electrons. The van der Waals surface area contributed by atoms with Crippen LogP contribution in [0.5, 0.6) is 5.75 Å². The summed E-state index contributed by atoms with van der Waals surface area (Å²) >= 11 is 0. The Morgan fingerprint density at radius 1 is 1.00 bits per heavy atom. The first-order valence-electron chi connectivity index (χ1n) is 6.64. The van der Waals surface area contributed by atoms with Crippen LogP contribution in [0.3, 0.4) is 0 Å². The lowest BCUT2D eigenvalue weighted by Crippen LogP contribution is -2.25. The molecule has 1 heterocycles. The molecule has 1 N–H and O–H groups in total. The van der Waals surface area contributed by atoms with Crippen LogP contribution in [0, 0.1) is 0 Å². The summed E-state index contributed by atoms with van der Waals surface area (Å²) in [6.07, 6.45) is 0. The summed E-state index contributed by atoms with van der Waals surface area (Å²) in [6.45, 7) is 4.90. The molecule has 1 aromatic heterocycles. The maximum absolute atomic E-state index is 9.62. The van der Waals surface area contributed by atoms with Crippen LogP contribution in [-0.2, 0) is 12.0 Å². The van der Waals surface area contributed by atoms with Crippen LogP contribution in [0.15, 0.2) is 48.5 Å². The molecule has 0 aliphatic heterocycles. The van der Waals surface area contributed by atoms with Gasteiger partial charge in [0.1, 0.15) is 16.8 Å². The molecule has 0 aliphatic carbocycles. The second kappa shape index (κ2) is 4.63. The second-order valence-corrected chi connectivity index (χ2v) is 5.65. The van der Waals surface area contributed by atoms with Gasteiger partial charge in [0, 0.05) is 5.41 Å². The van der Waals surface area contributed by atoms with Gasteiger partial charge in [-0.1, -0.05) is 38.1 Å². The second-order valence-electron chi connectivity index (χ2n) is 5.65. The average molecular weight is 267 g/mol. The van der Waals surface area contributed by atoms with E-state index in [0.29, 0.717) is 6.54 Å². The van der Waals surface area contributed by atoms with Crippen LogP contribution < -0.4 is 0 Å². The fourth-order valence-electron chi connectivity index (χ4n) is 2.35. The Hall–Kier alpha value is -2.36. The van der Waals surface area contributed by atoms with E-state index < -0.39 is 0 Å². The van der Waals surface area contributed by atoms with Gasteiger partial charge in [0.05, 0.1) is 6.54 Å². The van der Waals surface area contributed by atoms with Crippen molar-refractivity contribution in [3.63, 3.8) is 0 Å². The van der Waals surface area contributed by atoms with Crippen molar-refractivity contribution in [3.05, 3.63) is 54.1 Å². The number of aromatic nitrogens is 3. The van der Waals surface area contributed by atoms with Gasteiger partial charge in [0.2, 0.25) is 0 Å². The molecule has 0 bridgehead atoms. The lowest BCUT2D eigenvalue weighted by atomic mass is 9.85. The van der Waals surface area contributed by atoms with Crippen molar-refractivity contribution < 1.29 is 5.11 Å². The van der Waals surface area contributed by atoms with Gasteiger partial charge >= 0.3 is 0 Å². The molecule has 3 aromatic rings. The maximum atomic E-state index is 9.62. The predicted octanol–water partition coefficient (Wildman–Crippen LogP) is 3.11. The number of fused-ring (bicyclic) bond motifs is 1. The molecule has 0 spiro atoms. The molecule has 0 radical (unpaired) electrons. The van der Waals surface area contributed by atoms with E-state index in [-0.39, 0.29) is 11.2 Å². The van der Waals surface area contributed by atoms with E-state index >= 15 is 0 Å². The number of rotatable bonds is 3. The zero-order valence-corrected chi connectivity index (χ0v) is 11.6. The number of hydrogen-bond donors (Lipinski definition) is 1. The summed E-state index contributed by atoms with van der Waals surface area (Å²) in [5, 5.41) is 18.6. The lowest BCUT2D eigenvalue weighted by Gasteiger charge is -2.24. The Kier molecular flexibility index (Phi) is 2.93. The average Bonchev–Trinajstić information content (AvgIpc) is 2.80. The predicted molar refractivity (Wildman–Crippen MR) is 78.7 cm³/mol. The van der Waals surface area contributed by atoms with Crippen LogP contribution >= 0.6 is 0 Å². The van der Waals surface area contributed by atoms with Crippen molar-refractivity contribution >= 4 is 11.0 Å². The smallest absolute Gasteiger partial charge is 0.115 e. The number of nitrogens with zero attached hydrogens (tertiary/aromatic N) is 3. The van der Waals surface area contributed by atoms with E-state index in [0.717, 1.165) is 16.6 Å². The molecular formula is C16H17N3O. The third kappa shape index (κ3) is 2.37. The van der Waals surface area contributed by atoms with Gasteiger partial charge in [-0.3, -0.25) is 0 Å². The molecule has 20 heavy (non-hydrogen) atoms. The van der Waals surface area contributed by atoms with E-state index in [4.69, 9.17) is 0 Å². The highest BCUT2D eigenvalue weighted by Crippen LogP contribution is 2.27. The standard InChI is InChI=1S/C16H17N3O/c1-16(2,12-6-5-7-13(20)10-12)11-19-17-14-8-3-4-9-15(14)18-19/h3-10,20H,11H2,1-2H3. The molecule has 0 fully saturated rings. The first kappa shape index (κ1) is 12.7. The zero-order chi connectivity index (χ0) is 14.2. The summed E-state index contributed by atoms with van der Waals surface area (Å²) in [5.41, 5.74) is 2.71. The number of benzene rings is 2. The molecule has 0 saturated carbocycles. The van der Waals surface area contributed by atoms with Crippen LogP contribution in [-0.4, -0.2) is 20.1 Å². The highest BCUT2D eigenvalue weighted by atomic mass is 16.3. The minimum absolute atomic E-state index is 0.159. The minimum atomic E-state index is -0.159. The van der Waals surface area contributed by atoms with E-state index in [2.05, 4.69) is 24.0 Å². The van der Waals surface area contributed by atoms with Gasteiger partial charge in [-0.2, -0.15) is 15.0 Å².